The van der Waals surface area contributed by atoms with E-state index in [0.717, 1.165) is 22.4 Å². The van der Waals surface area contributed by atoms with Crippen molar-refractivity contribution in [3.63, 3.8) is 0 Å². The van der Waals surface area contributed by atoms with Crippen LogP contribution in [0.2, 0.25) is 5.02 Å². The fourth-order valence-electron chi connectivity index (χ4n) is 4.29. The number of carbonyl (C=O) groups excluding carboxylic acids is 2. The van der Waals surface area contributed by atoms with E-state index < -0.39 is 18.1 Å². The van der Waals surface area contributed by atoms with Gasteiger partial charge in [-0.2, -0.15) is 0 Å². The number of fused-ring (bicyclic) bond motifs is 1. The minimum absolute atomic E-state index is 0.279. The van der Waals surface area contributed by atoms with Crippen LogP contribution in [0.5, 0.6) is 0 Å². The molecule has 3 aromatic rings. The average molecular weight is 433 g/mol. The molecule has 0 bridgehead atoms. The predicted molar refractivity (Wildman–Crippen MR) is 120 cm³/mol. The number of hydrogen-bond acceptors (Lipinski definition) is 4. The first-order valence-corrected chi connectivity index (χ1v) is 10.5. The summed E-state index contributed by atoms with van der Waals surface area (Å²) in [5.41, 5.74) is 4.20. The number of aryl methyl sites for hydroxylation is 2. The highest BCUT2D eigenvalue weighted by Gasteiger charge is 2.60. The second-order valence-corrected chi connectivity index (χ2v) is 8.42. The Bertz CT molecular complexity index is 1160. The molecule has 2 saturated heterocycles. The summed E-state index contributed by atoms with van der Waals surface area (Å²) in [4.78, 5) is 34.2. The topological polar surface area (TPSA) is 49.9 Å². The van der Waals surface area contributed by atoms with Gasteiger partial charge in [0.15, 0.2) is 6.10 Å². The van der Waals surface area contributed by atoms with Gasteiger partial charge in [-0.1, -0.05) is 65.7 Å². The minimum atomic E-state index is -0.890. The number of imide groups is 1. The van der Waals surface area contributed by atoms with E-state index in [4.69, 9.17) is 16.4 Å². The number of amides is 2. The first kappa shape index (κ1) is 19.8. The predicted octanol–water partition coefficient (Wildman–Crippen LogP) is 5.01. The number of nitrogens with zero attached hydrogens (tertiary/aromatic N) is 2. The van der Waals surface area contributed by atoms with Gasteiger partial charge in [0.1, 0.15) is 5.92 Å². The van der Waals surface area contributed by atoms with Gasteiger partial charge in [-0.15, -0.1) is 0 Å². The Labute approximate surface area is 185 Å². The van der Waals surface area contributed by atoms with Crippen LogP contribution in [0.25, 0.3) is 0 Å². The lowest BCUT2D eigenvalue weighted by molar-refractivity contribution is -0.126. The number of rotatable bonds is 3. The minimum Gasteiger partial charge on any atom is -0.273 e. The number of para-hydroxylation sites is 1. The van der Waals surface area contributed by atoms with Crippen molar-refractivity contribution >= 4 is 34.8 Å². The lowest BCUT2D eigenvalue weighted by Crippen LogP contribution is -2.37. The van der Waals surface area contributed by atoms with E-state index in [-0.39, 0.29) is 11.8 Å². The van der Waals surface area contributed by atoms with Gasteiger partial charge < -0.3 is 0 Å². The molecule has 5 nitrogen and oxygen atoms in total. The van der Waals surface area contributed by atoms with Crippen LogP contribution in [0.1, 0.15) is 22.7 Å². The van der Waals surface area contributed by atoms with Crippen LogP contribution in [-0.4, -0.2) is 17.9 Å². The summed E-state index contributed by atoms with van der Waals surface area (Å²) in [7, 11) is 0. The van der Waals surface area contributed by atoms with Crippen molar-refractivity contribution in [2.45, 2.75) is 26.0 Å². The zero-order valence-electron chi connectivity index (χ0n) is 17.2. The fourth-order valence-corrected chi connectivity index (χ4v) is 4.47. The molecule has 2 amide bonds. The zero-order chi connectivity index (χ0) is 21.7. The molecule has 31 heavy (non-hydrogen) atoms. The largest absolute Gasteiger partial charge is 0.273 e. The van der Waals surface area contributed by atoms with Gasteiger partial charge in [-0.25, -0.2) is 9.96 Å². The molecule has 156 valence electrons. The number of benzene rings is 3. The highest BCUT2D eigenvalue weighted by atomic mass is 35.5. The van der Waals surface area contributed by atoms with Gasteiger partial charge >= 0.3 is 0 Å². The van der Waals surface area contributed by atoms with E-state index in [0.29, 0.717) is 10.7 Å². The number of carbonyl (C=O) groups is 2. The summed E-state index contributed by atoms with van der Waals surface area (Å²) in [6.45, 7) is 3.89. The van der Waals surface area contributed by atoms with E-state index in [9.17, 15) is 9.59 Å². The van der Waals surface area contributed by atoms with Crippen LogP contribution in [0.15, 0.2) is 72.8 Å². The summed E-state index contributed by atoms with van der Waals surface area (Å²) in [5.74, 6) is -1.31. The third-order valence-corrected chi connectivity index (χ3v) is 6.37. The molecule has 6 heteroatoms. The number of hydrogen-bond donors (Lipinski definition) is 0. The summed E-state index contributed by atoms with van der Waals surface area (Å²) >= 11 is 6.26. The van der Waals surface area contributed by atoms with Crippen LogP contribution >= 0.6 is 11.6 Å². The first-order chi connectivity index (χ1) is 15.0. The summed E-state index contributed by atoms with van der Waals surface area (Å²) in [5, 5.41) is 2.21. The van der Waals surface area contributed by atoms with Crippen molar-refractivity contribution in [1.82, 2.24) is 0 Å². The van der Waals surface area contributed by atoms with Gasteiger partial charge in [0.2, 0.25) is 5.91 Å². The standard InChI is InChI=1S/C25H21ClN2O3/c1-15-8-11-17(12-9-15)22-21-23(31-28(22)18-6-4-3-5-7-18)25(30)27(24(21)29)19-13-10-16(2)20(26)14-19/h3-14,21-23H,1-2H3/t21-,22-,23-/m1/s1. The lowest BCUT2D eigenvalue weighted by atomic mass is 9.90. The molecule has 2 aliphatic rings. The van der Waals surface area contributed by atoms with E-state index in [1.165, 1.54) is 4.90 Å². The summed E-state index contributed by atoms with van der Waals surface area (Å²) < 4.78 is 0. The van der Waals surface area contributed by atoms with E-state index in [1.807, 2.05) is 68.4 Å². The monoisotopic (exact) mass is 432 g/mol. The van der Waals surface area contributed by atoms with Gasteiger partial charge in [0, 0.05) is 5.02 Å². The smallest absolute Gasteiger partial charge is 0.266 e. The molecule has 0 spiro atoms. The highest BCUT2D eigenvalue weighted by molar-refractivity contribution is 6.32. The molecule has 2 heterocycles. The quantitative estimate of drug-likeness (QED) is 0.546. The molecule has 3 atom stereocenters. The van der Waals surface area contributed by atoms with E-state index in [2.05, 4.69) is 0 Å². The van der Waals surface area contributed by atoms with Gasteiger partial charge in [0.05, 0.1) is 17.4 Å². The average Bonchev–Trinajstić information content (AvgIpc) is 3.28. The maximum absolute atomic E-state index is 13.6. The zero-order valence-corrected chi connectivity index (χ0v) is 17.9. The SMILES string of the molecule is Cc1ccc([C@@H]2[C@H]3C(=O)N(c4ccc(C)c(Cl)c4)C(=O)[C@@H]3ON2c2ccccc2)cc1. The summed E-state index contributed by atoms with van der Waals surface area (Å²) in [6.07, 6.45) is -0.890. The Morgan fingerprint density at radius 2 is 1.55 bits per heavy atom. The molecule has 0 saturated carbocycles. The number of hydroxylamine groups is 1. The molecule has 2 fully saturated rings. The Kier molecular flexibility index (Phi) is 4.80. The first-order valence-electron chi connectivity index (χ1n) is 10.2. The molecule has 2 aliphatic heterocycles. The van der Waals surface area contributed by atoms with Crippen molar-refractivity contribution in [1.29, 1.82) is 0 Å². The Balaban J connectivity index is 1.58. The second-order valence-electron chi connectivity index (χ2n) is 8.01. The third kappa shape index (κ3) is 3.21. The maximum atomic E-state index is 13.6. The Morgan fingerprint density at radius 3 is 2.23 bits per heavy atom. The molecule has 5 rings (SSSR count). The van der Waals surface area contributed by atoms with Crippen LogP contribution in [-0.2, 0) is 14.4 Å². The molecule has 0 unspecified atom stereocenters. The Hall–Kier alpha value is -3.15. The molecular weight excluding hydrogens is 412 g/mol. The normalized spacial score (nSPS) is 22.9. The van der Waals surface area contributed by atoms with Crippen molar-refractivity contribution in [2.75, 3.05) is 9.96 Å². The fraction of sp³-hybridized carbons (Fsp3) is 0.200. The van der Waals surface area contributed by atoms with Crippen LogP contribution in [0, 0.1) is 19.8 Å². The van der Waals surface area contributed by atoms with Crippen LogP contribution in [0.3, 0.4) is 0 Å². The van der Waals surface area contributed by atoms with Gasteiger partial charge in [-0.3, -0.25) is 14.4 Å². The lowest BCUT2D eigenvalue weighted by Gasteiger charge is -2.29. The molecule has 0 radical (unpaired) electrons. The summed E-state index contributed by atoms with van der Waals surface area (Å²) in [6, 6.07) is 22.3. The molecule has 3 aromatic carbocycles. The van der Waals surface area contributed by atoms with Crippen LogP contribution < -0.4 is 9.96 Å². The molecular formula is C25H21ClN2O3. The van der Waals surface area contributed by atoms with E-state index >= 15 is 0 Å². The Morgan fingerprint density at radius 1 is 0.839 bits per heavy atom. The maximum Gasteiger partial charge on any atom is 0.266 e. The van der Waals surface area contributed by atoms with Crippen molar-refractivity contribution in [2.24, 2.45) is 5.92 Å². The van der Waals surface area contributed by atoms with Crippen molar-refractivity contribution < 1.29 is 14.4 Å². The third-order valence-electron chi connectivity index (χ3n) is 5.96. The number of anilines is 2. The molecule has 0 aliphatic carbocycles. The highest BCUT2D eigenvalue weighted by Crippen LogP contribution is 2.47. The number of halogens is 1. The van der Waals surface area contributed by atoms with Crippen LogP contribution in [0.4, 0.5) is 11.4 Å². The van der Waals surface area contributed by atoms with E-state index in [1.54, 1.807) is 23.3 Å². The van der Waals surface area contributed by atoms with Crippen molar-refractivity contribution in [3.05, 3.63) is 94.5 Å². The molecule has 0 N–H and O–H groups in total. The van der Waals surface area contributed by atoms with Crippen molar-refractivity contribution in [3.8, 4) is 0 Å². The van der Waals surface area contributed by atoms with Gasteiger partial charge in [0.25, 0.3) is 5.91 Å². The second kappa shape index (κ2) is 7.52. The van der Waals surface area contributed by atoms with Gasteiger partial charge in [-0.05, 0) is 49.2 Å². The molecule has 0 aromatic heterocycles.